The maximum absolute atomic E-state index is 6.02. The van der Waals surface area contributed by atoms with Crippen LogP contribution in [0.1, 0.15) is 25.3 Å². The molecule has 0 radical (unpaired) electrons. The molecule has 0 aliphatic heterocycles. The molecule has 0 aliphatic carbocycles. The highest BCUT2D eigenvalue weighted by Gasteiger charge is 2.06. The fraction of sp³-hybridized carbons (Fsp3) is 0.571. The molecule has 2 N–H and O–H groups in total. The molecule has 0 aromatic heterocycles. The van der Waals surface area contributed by atoms with E-state index in [-0.39, 0.29) is 6.04 Å². The van der Waals surface area contributed by atoms with Crippen LogP contribution in [0.2, 0.25) is 0 Å². The van der Waals surface area contributed by atoms with Gasteiger partial charge in [-0.2, -0.15) is 0 Å². The van der Waals surface area contributed by atoms with Gasteiger partial charge in [-0.25, -0.2) is 0 Å². The van der Waals surface area contributed by atoms with E-state index in [1.807, 2.05) is 12.1 Å². The van der Waals surface area contributed by atoms with E-state index >= 15 is 0 Å². The van der Waals surface area contributed by atoms with Crippen molar-refractivity contribution in [1.29, 1.82) is 0 Å². The van der Waals surface area contributed by atoms with Gasteiger partial charge in [0.25, 0.3) is 0 Å². The molecule has 1 aromatic carbocycles. The molecule has 3 nitrogen and oxygen atoms in total. The Bertz CT molecular complexity index is 311. The predicted molar refractivity (Wildman–Crippen MR) is 72.2 cm³/mol. The van der Waals surface area contributed by atoms with E-state index in [9.17, 15) is 0 Å². The minimum Gasteiger partial charge on any atom is -0.497 e. The zero-order valence-electron chi connectivity index (χ0n) is 11.1. The summed E-state index contributed by atoms with van der Waals surface area (Å²) in [6.07, 6.45) is 2.24. The van der Waals surface area contributed by atoms with Crippen LogP contribution in [0.25, 0.3) is 0 Å². The molecule has 1 rings (SSSR count). The average Bonchev–Trinajstić information content (AvgIpc) is 2.30. The quantitative estimate of drug-likeness (QED) is 0.789. The third-order valence-corrected chi connectivity index (χ3v) is 2.82. The molecule has 3 heteroatoms. The Labute approximate surface area is 105 Å². The molecule has 0 aliphatic rings. The fourth-order valence-corrected chi connectivity index (χ4v) is 1.97. The third-order valence-electron chi connectivity index (χ3n) is 2.82. The Kier molecular flexibility index (Phi) is 6.01. The first-order chi connectivity index (χ1) is 8.15. The predicted octanol–water partition coefficient (Wildman–Crippen LogP) is 2.25. The zero-order valence-corrected chi connectivity index (χ0v) is 11.1. The summed E-state index contributed by atoms with van der Waals surface area (Å²) >= 11 is 0. The number of methoxy groups -OCH3 is 1. The lowest BCUT2D eigenvalue weighted by Gasteiger charge is -2.21. The summed E-state index contributed by atoms with van der Waals surface area (Å²) in [4.78, 5) is 2.27. The third kappa shape index (κ3) is 5.20. The molecule has 1 atom stereocenters. The molecule has 0 amide bonds. The van der Waals surface area contributed by atoms with Gasteiger partial charge in [0.1, 0.15) is 5.75 Å². The normalized spacial score (nSPS) is 12.8. The van der Waals surface area contributed by atoms with E-state index in [2.05, 4.69) is 31.0 Å². The van der Waals surface area contributed by atoms with Crippen LogP contribution in [0.5, 0.6) is 5.75 Å². The van der Waals surface area contributed by atoms with E-state index in [1.54, 1.807) is 7.11 Å². The first-order valence-corrected chi connectivity index (χ1v) is 6.22. The SMILES string of the molecule is CCC[C@H](N)CN(C)Cc1ccc(OC)cc1. The van der Waals surface area contributed by atoms with Gasteiger partial charge in [0.05, 0.1) is 7.11 Å². The van der Waals surface area contributed by atoms with Crippen molar-refractivity contribution in [1.82, 2.24) is 4.90 Å². The van der Waals surface area contributed by atoms with Crippen molar-refractivity contribution in [2.45, 2.75) is 32.4 Å². The fourth-order valence-electron chi connectivity index (χ4n) is 1.97. The topological polar surface area (TPSA) is 38.5 Å². The van der Waals surface area contributed by atoms with Crippen molar-refractivity contribution in [3.63, 3.8) is 0 Å². The molecular weight excluding hydrogens is 212 g/mol. The van der Waals surface area contributed by atoms with Crippen LogP contribution in [0.3, 0.4) is 0 Å². The summed E-state index contributed by atoms with van der Waals surface area (Å²) in [5, 5.41) is 0. The number of hydrogen-bond donors (Lipinski definition) is 1. The van der Waals surface area contributed by atoms with E-state index in [1.165, 1.54) is 5.56 Å². The number of ether oxygens (including phenoxy) is 1. The largest absolute Gasteiger partial charge is 0.497 e. The molecule has 0 saturated heterocycles. The second-order valence-corrected chi connectivity index (χ2v) is 4.59. The van der Waals surface area contributed by atoms with Crippen LogP contribution < -0.4 is 10.5 Å². The lowest BCUT2D eigenvalue weighted by atomic mass is 10.1. The van der Waals surface area contributed by atoms with E-state index < -0.39 is 0 Å². The van der Waals surface area contributed by atoms with Crippen LogP contribution >= 0.6 is 0 Å². The van der Waals surface area contributed by atoms with Gasteiger partial charge < -0.3 is 15.4 Å². The smallest absolute Gasteiger partial charge is 0.118 e. The molecular formula is C14H24N2O. The van der Waals surface area contributed by atoms with Gasteiger partial charge >= 0.3 is 0 Å². The molecule has 96 valence electrons. The summed E-state index contributed by atoms with van der Waals surface area (Å²) in [5.74, 6) is 0.902. The van der Waals surface area contributed by atoms with E-state index in [4.69, 9.17) is 10.5 Å². The number of nitrogens with zero attached hydrogens (tertiary/aromatic N) is 1. The molecule has 0 spiro atoms. The van der Waals surface area contributed by atoms with Crippen LogP contribution in [0, 0.1) is 0 Å². The van der Waals surface area contributed by atoms with Gasteiger partial charge in [-0.1, -0.05) is 25.5 Å². The van der Waals surface area contributed by atoms with Gasteiger partial charge in [0.15, 0.2) is 0 Å². The Morgan fingerprint density at radius 1 is 1.29 bits per heavy atom. The summed E-state index contributed by atoms with van der Waals surface area (Å²) < 4.78 is 5.14. The maximum atomic E-state index is 6.02. The molecule has 0 fully saturated rings. The second-order valence-electron chi connectivity index (χ2n) is 4.59. The van der Waals surface area contributed by atoms with Gasteiger partial charge in [-0.15, -0.1) is 0 Å². The van der Waals surface area contributed by atoms with Crippen molar-refractivity contribution >= 4 is 0 Å². The van der Waals surface area contributed by atoms with Crippen molar-refractivity contribution in [2.24, 2.45) is 5.73 Å². The molecule has 17 heavy (non-hydrogen) atoms. The molecule has 0 saturated carbocycles. The van der Waals surface area contributed by atoms with Crippen LogP contribution in [-0.4, -0.2) is 31.6 Å². The first kappa shape index (κ1) is 14.0. The lowest BCUT2D eigenvalue weighted by molar-refractivity contribution is 0.297. The van der Waals surface area contributed by atoms with Crippen LogP contribution in [0.15, 0.2) is 24.3 Å². The van der Waals surface area contributed by atoms with E-state index in [0.717, 1.165) is 31.7 Å². The Morgan fingerprint density at radius 3 is 2.47 bits per heavy atom. The Morgan fingerprint density at radius 2 is 1.94 bits per heavy atom. The van der Waals surface area contributed by atoms with Crippen molar-refractivity contribution in [3.05, 3.63) is 29.8 Å². The van der Waals surface area contributed by atoms with Crippen molar-refractivity contribution in [2.75, 3.05) is 20.7 Å². The second kappa shape index (κ2) is 7.30. The van der Waals surface area contributed by atoms with Gasteiger partial charge in [0.2, 0.25) is 0 Å². The van der Waals surface area contributed by atoms with Crippen LogP contribution in [0.4, 0.5) is 0 Å². The summed E-state index contributed by atoms with van der Waals surface area (Å²) in [6, 6.07) is 8.47. The van der Waals surface area contributed by atoms with E-state index in [0.29, 0.717) is 0 Å². The van der Waals surface area contributed by atoms with Gasteiger partial charge in [-0.3, -0.25) is 0 Å². The first-order valence-electron chi connectivity index (χ1n) is 6.22. The molecule has 0 heterocycles. The number of rotatable bonds is 7. The summed E-state index contributed by atoms with van der Waals surface area (Å²) in [7, 11) is 3.80. The monoisotopic (exact) mass is 236 g/mol. The molecule has 1 aromatic rings. The lowest BCUT2D eigenvalue weighted by Crippen LogP contribution is -2.34. The van der Waals surface area contributed by atoms with Gasteiger partial charge in [-0.05, 0) is 31.2 Å². The minimum atomic E-state index is 0.281. The molecule has 0 unspecified atom stereocenters. The number of benzene rings is 1. The molecule has 0 bridgehead atoms. The highest BCUT2D eigenvalue weighted by molar-refractivity contribution is 5.27. The highest BCUT2D eigenvalue weighted by Crippen LogP contribution is 2.12. The number of nitrogens with two attached hydrogens (primary N) is 1. The summed E-state index contributed by atoms with van der Waals surface area (Å²) in [5.41, 5.74) is 7.31. The van der Waals surface area contributed by atoms with Crippen molar-refractivity contribution in [3.8, 4) is 5.75 Å². The van der Waals surface area contributed by atoms with Crippen LogP contribution in [-0.2, 0) is 6.54 Å². The standard InChI is InChI=1S/C14H24N2O/c1-4-5-13(15)11-16(2)10-12-6-8-14(17-3)9-7-12/h6-9,13H,4-5,10-11,15H2,1-3H3/t13-/m0/s1. The average molecular weight is 236 g/mol. The Balaban J connectivity index is 2.41. The number of hydrogen-bond acceptors (Lipinski definition) is 3. The zero-order chi connectivity index (χ0) is 12.7. The maximum Gasteiger partial charge on any atom is 0.118 e. The summed E-state index contributed by atoms with van der Waals surface area (Å²) in [6.45, 7) is 4.05. The number of likely N-dealkylation sites (N-methyl/N-ethyl adjacent to an activating group) is 1. The van der Waals surface area contributed by atoms with Gasteiger partial charge in [0, 0.05) is 19.1 Å². The highest BCUT2D eigenvalue weighted by atomic mass is 16.5. The van der Waals surface area contributed by atoms with Crippen molar-refractivity contribution < 1.29 is 4.74 Å². The minimum absolute atomic E-state index is 0.281. The Hall–Kier alpha value is -1.06.